The summed E-state index contributed by atoms with van der Waals surface area (Å²) in [7, 11) is 0. The summed E-state index contributed by atoms with van der Waals surface area (Å²) in [5, 5.41) is 4.13. The van der Waals surface area contributed by atoms with E-state index in [2.05, 4.69) is 15.5 Å². The summed E-state index contributed by atoms with van der Waals surface area (Å²) in [6.45, 7) is 0.471. The smallest absolute Gasteiger partial charge is 0.294 e. The molecule has 0 fully saturated rings. The number of hydrogen-bond donors (Lipinski definition) is 2. The minimum Gasteiger partial charge on any atom is -0.294 e. The average molecular weight is 250 g/mol. The molecule has 0 unspecified atom stereocenters. The van der Waals surface area contributed by atoms with Gasteiger partial charge in [0.25, 0.3) is 0 Å². The van der Waals surface area contributed by atoms with E-state index in [1.165, 1.54) is 21.5 Å². The zero-order chi connectivity index (χ0) is 13.0. The fourth-order valence-corrected chi connectivity index (χ4v) is 1.64. The number of carbonyl (C=O) groups is 1. The van der Waals surface area contributed by atoms with Crippen LogP contribution in [0, 0.1) is 0 Å². The van der Waals surface area contributed by atoms with Crippen molar-refractivity contribution in [2.45, 2.75) is 25.8 Å². The van der Waals surface area contributed by atoms with Crippen LogP contribution < -0.4 is 17.0 Å². The quantitative estimate of drug-likeness (QED) is 0.308. The second-order valence-electron chi connectivity index (χ2n) is 3.83. The average Bonchev–Trinajstić information content (AvgIpc) is 2.72. The Morgan fingerprint density at radius 2 is 2.28 bits per heavy atom. The van der Waals surface area contributed by atoms with E-state index in [1.54, 1.807) is 6.20 Å². The first kappa shape index (κ1) is 12.2. The van der Waals surface area contributed by atoms with Crippen LogP contribution in [0.3, 0.4) is 0 Å². The van der Waals surface area contributed by atoms with E-state index >= 15 is 0 Å². The van der Waals surface area contributed by atoms with Crippen molar-refractivity contribution in [3.8, 4) is 0 Å². The van der Waals surface area contributed by atoms with Crippen molar-refractivity contribution in [2.75, 3.05) is 0 Å². The van der Waals surface area contributed by atoms with Gasteiger partial charge in [-0.05, 0) is 12.8 Å². The molecule has 0 saturated heterocycles. The first-order valence-corrected chi connectivity index (χ1v) is 5.61. The van der Waals surface area contributed by atoms with Crippen LogP contribution in [0.4, 0.5) is 0 Å². The van der Waals surface area contributed by atoms with E-state index in [1.807, 2.05) is 0 Å². The van der Waals surface area contributed by atoms with Crippen molar-refractivity contribution in [3.63, 3.8) is 0 Å². The number of rotatable bonds is 5. The van der Waals surface area contributed by atoms with Gasteiger partial charge in [0.15, 0.2) is 5.65 Å². The lowest BCUT2D eigenvalue weighted by Gasteiger charge is -1.99. The Morgan fingerprint density at radius 1 is 1.44 bits per heavy atom. The van der Waals surface area contributed by atoms with Gasteiger partial charge in [0.1, 0.15) is 0 Å². The molecule has 8 nitrogen and oxygen atoms in total. The van der Waals surface area contributed by atoms with Gasteiger partial charge in [0.05, 0.1) is 6.20 Å². The summed E-state index contributed by atoms with van der Waals surface area (Å²) in [4.78, 5) is 26.6. The molecule has 2 aromatic heterocycles. The van der Waals surface area contributed by atoms with Crippen LogP contribution in [-0.4, -0.2) is 25.1 Å². The lowest BCUT2D eigenvalue weighted by Crippen LogP contribution is -2.29. The van der Waals surface area contributed by atoms with Gasteiger partial charge >= 0.3 is 5.69 Å². The molecule has 0 aromatic carbocycles. The van der Waals surface area contributed by atoms with Crippen LogP contribution in [0.2, 0.25) is 0 Å². The highest BCUT2D eigenvalue weighted by molar-refractivity contribution is 5.74. The summed E-state index contributed by atoms with van der Waals surface area (Å²) < 4.78 is 2.80. The van der Waals surface area contributed by atoms with E-state index < -0.39 is 0 Å². The standard InChI is InChI=1S/C10H14N6O2/c11-13-9(17)3-1-2-5-16-10(18)15-6-4-12-7-8(15)14-16/h4,6-7H,1-3,5,11H2,(H,13,17). The van der Waals surface area contributed by atoms with Crippen molar-refractivity contribution in [2.24, 2.45) is 5.84 Å². The third-order valence-corrected chi connectivity index (χ3v) is 2.57. The maximum absolute atomic E-state index is 11.8. The van der Waals surface area contributed by atoms with Crippen molar-refractivity contribution in [3.05, 3.63) is 29.1 Å². The molecule has 0 aliphatic rings. The number of carbonyl (C=O) groups excluding carboxylic acids is 1. The third-order valence-electron chi connectivity index (χ3n) is 2.57. The first-order valence-electron chi connectivity index (χ1n) is 5.61. The predicted molar refractivity (Wildman–Crippen MR) is 63.4 cm³/mol. The van der Waals surface area contributed by atoms with Crippen LogP contribution in [0.1, 0.15) is 19.3 Å². The summed E-state index contributed by atoms with van der Waals surface area (Å²) >= 11 is 0. The highest BCUT2D eigenvalue weighted by atomic mass is 16.2. The molecular formula is C10H14N6O2. The zero-order valence-electron chi connectivity index (χ0n) is 9.74. The van der Waals surface area contributed by atoms with Crippen molar-refractivity contribution < 1.29 is 4.79 Å². The third kappa shape index (κ3) is 2.54. The van der Waals surface area contributed by atoms with Crippen molar-refractivity contribution >= 4 is 11.6 Å². The van der Waals surface area contributed by atoms with Gasteiger partial charge in [0, 0.05) is 25.4 Å². The van der Waals surface area contributed by atoms with Crippen LogP contribution in [-0.2, 0) is 11.3 Å². The van der Waals surface area contributed by atoms with Gasteiger partial charge in [-0.2, -0.15) is 0 Å². The fraction of sp³-hybridized carbons (Fsp3) is 0.400. The van der Waals surface area contributed by atoms with E-state index in [0.29, 0.717) is 31.5 Å². The van der Waals surface area contributed by atoms with Crippen molar-refractivity contribution in [1.29, 1.82) is 0 Å². The minimum atomic E-state index is -0.207. The molecule has 0 bridgehead atoms. The second-order valence-corrected chi connectivity index (χ2v) is 3.83. The number of aromatic nitrogens is 4. The SMILES string of the molecule is NNC(=O)CCCCn1nc2cnccn2c1=O. The van der Waals surface area contributed by atoms with Gasteiger partial charge in [-0.3, -0.25) is 15.2 Å². The first-order chi connectivity index (χ1) is 8.72. The highest BCUT2D eigenvalue weighted by Crippen LogP contribution is 1.98. The minimum absolute atomic E-state index is 0.198. The summed E-state index contributed by atoms with van der Waals surface area (Å²) in [5.41, 5.74) is 2.38. The van der Waals surface area contributed by atoms with Gasteiger partial charge < -0.3 is 0 Å². The zero-order valence-corrected chi connectivity index (χ0v) is 9.74. The van der Waals surface area contributed by atoms with Gasteiger partial charge in [-0.1, -0.05) is 0 Å². The summed E-state index contributed by atoms with van der Waals surface area (Å²) in [5.74, 6) is 4.76. The monoisotopic (exact) mass is 250 g/mol. The Balaban J connectivity index is 1.98. The number of nitrogens with two attached hydrogens (primary N) is 1. The molecule has 2 heterocycles. The molecular weight excluding hydrogens is 236 g/mol. The van der Waals surface area contributed by atoms with E-state index in [4.69, 9.17) is 5.84 Å². The Morgan fingerprint density at radius 3 is 3.00 bits per heavy atom. The van der Waals surface area contributed by atoms with Gasteiger partial charge in [-0.25, -0.2) is 19.7 Å². The summed E-state index contributed by atoms with van der Waals surface area (Å²) in [6, 6.07) is 0. The van der Waals surface area contributed by atoms with E-state index in [9.17, 15) is 9.59 Å². The van der Waals surface area contributed by atoms with Crippen molar-refractivity contribution in [1.82, 2.24) is 24.6 Å². The molecule has 0 radical (unpaired) electrons. The number of hydrazine groups is 1. The molecule has 0 spiro atoms. The van der Waals surface area contributed by atoms with Crippen LogP contribution >= 0.6 is 0 Å². The maximum atomic E-state index is 11.8. The number of nitrogens with one attached hydrogen (secondary N) is 1. The molecule has 1 amide bonds. The number of hydrogen-bond acceptors (Lipinski definition) is 5. The Bertz CT molecular complexity index is 602. The molecule has 0 saturated carbocycles. The molecule has 18 heavy (non-hydrogen) atoms. The van der Waals surface area contributed by atoms with E-state index in [-0.39, 0.29) is 11.6 Å². The molecule has 8 heteroatoms. The lowest BCUT2D eigenvalue weighted by molar-refractivity contribution is -0.121. The topological polar surface area (TPSA) is 107 Å². The molecule has 3 N–H and O–H groups in total. The summed E-state index contributed by atoms with van der Waals surface area (Å²) in [6.07, 6.45) is 6.32. The predicted octanol–water partition coefficient (Wildman–Crippen LogP) is -0.949. The Labute approximate surface area is 102 Å². The molecule has 0 atom stereocenters. The van der Waals surface area contributed by atoms with Crippen LogP contribution in [0.15, 0.2) is 23.4 Å². The largest absolute Gasteiger partial charge is 0.350 e. The molecule has 96 valence electrons. The molecule has 2 aromatic rings. The fourth-order valence-electron chi connectivity index (χ4n) is 1.64. The Hall–Kier alpha value is -2.22. The maximum Gasteiger partial charge on any atom is 0.350 e. The van der Waals surface area contributed by atoms with Gasteiger partial charge in [0.2, 0.25) is 5.91 Å². The van der Waals surface area contributed by atoms with E-state index in [0.717, 1.165) is 0 Å². The number of aryl methyl sites for hydroxylation is 1. The Kier molecular flexibility index (Phi) is 3.68. The molecule has 2 rings (SSSR count). The van der Waals surface area contributed by atoms with Crippen LogP contribution in [0.5, 0.6) is 0 Å². The number of fused-ring (bicyclic) bond motifs is 1. The second kappa shape index (κ2) is 5.41. The highest BCUT2D eigenvalue weighted by Gasteiger charge is 2.06. The normalized spacial score (nSPS) is 10.7. The molecule has 0 aliphatic heterocycles. The van der Waals surface area contributed by atoms with Gasteiger partial charge in [-0.15, -0.1) is 5.10 Å². The number of unbranched alkanes of at least 4 members (excludes halogenated alkanes) is 1. The lowest BCUT2D eigenvalue weighted by atomic mass is 10.2. The van der Waals surface area contributed by atoms with Crippen LogP contribution in [0.25, 0.3) is 5.65 Å². The molecule has 0 aliphatic carbocycles. The number of nitrogens with zero attached hydrogens (tertiary/aromatic N) is 4. The number of amides is 1.